The van der Waals surface area contributed by atoms with Gasteiger partial charge in [-0.3, -0.25) is 4.98 Å². The van der Waals surface area contributed by atoms with Gasteiger partial charge in [0, 0.05) is 6.20 Å². The second-order valence-corrected chi connectivity index (χ2v) is 9.97. The molecule has 1 aliphatic rings. The van der Waals surface area contributed by atoms with Gasteiger partial charge >= 0.3 is 6.09 Å². The van der Waals surface area contributed by atoms with Crippen LogP contribution in [0, 0.1) is 0 Å². The number of hydrogen-bond acceptors (Lipinski definition) is 4. The number of carbonyl (C=O) groups excluding carboxylic acids is 1. The Hall–Kier alpha value is -1.62. The molecule has 2 atom stereocenters. The summed E-state index contributed by atoms with van der Waals surface area (Å²) in [4.78, 5) is 16.0. The van der Waals surface area contributed by atoms with Gasteiger partial charge in [-0.2, -0.15) is 0 Å². The minimum atomic E-state index is -0.403. The number of unbranched alkanes of at least 4 members (excludes halogenated alkanes) is 14. The maximum Gasteiger partial charge on any atom is 0.407 e. The Balaban J connectivity index is 1.33. The molecule has 0 spiro atoms. The van der Waals surface area contributed by atoms with Crippen molar-refractivity contribution in [2.45, 2.75) is 141 Å². The van der Waals surface area contributed by atoms with E-state index in [0.29, 0.717) is 19.3 Å². The first-order chi connectivity index (χ1) is 16.8. The summed E-state index contributed by atoms with van der Waals surface area (Å²) >= 11 is 0. The third-order valence-electron chi connectivity index (χ3n) is 6.87. The van der Waals surface area contributed by atoms with Gasteiger partial charge in [-0.1, -0.05) is 109 Å². The quantitative estimate of drug-likeness (QED) is 0.194. The smallest absolute Gasteiger partial charge is 0.407 e. The molecule has 1 aromatic rings. The first kappa shape index (κ1) is 28.6. The summed E-state index contributed by atoms with van der Waals surface area (Å²) in [6.45, 7) is 3.00. The van der Waals surface area contributed by atoms with Gasteiger partial charge in [0.05, 0.1) is 24.4 Å². The van der Waals surface area contributed by atoms with Crippen LogP contribution in [0.2, 0.25) is 0 Å². The van der Waals surface area contributed by atoms with Gasteiger partial charge in [-0.05, 0) is 31.4 Å². The molecule has 1 amide bonds. The zero-order valence-electron chi connectivity index (χ0n) is 21.8. The van der Waals surface area contributed by atoms with Crippen LogP contribution in [-0.2, 0) is 16.0 Å². The number of alkyl carbamates (subject to hydrolysis) is 1. The van der Waals surface area contributed by atoms with Gasteiger partial charge < -0.3 is 14.8 Å². The molecule has 1 aromatic heterocycles. The van der Waals surface area contributed by atoms with Gasteiger partial charge in [0.25, 0.3) is 0 Å². The zero-order chi connectivity index (χ0) is 24.1. The van der Waals surface area contributed by atoms with Gasteiger partial charge in [-0.25, -0.2) is 4.79 Å². The number of amides is 1. The lowest BCUT2D eigenvalue weighted by molar-refractivity contribution is 0.00103. The predicted molar refractivity (Wildman–Crippen MR) is 140 cm³/mol. The average Bonchev–Trinajstić information content (AvgIpc) is 3.32. The van der Waals surface area contributed by atoms with Crippen LogP contribution in [0.1, 0.15) is 128 Å². The summed E-state index contributed by atoms with van der Waals surface area (Å²) in [5.74, 6) is 0. The molecule has 0 aromatic carbocycles. The summed E-state index contributed by atoms with van der Waals surface area (Å²) in [5, 5.41) is 2.74. The fraction of sp³-hybridized carbons (Fsp3) is 0.793. The third kappa shape index (κ3) is 14.6. The van der Waals surface area contributed by atoms with Crippen molar-refractivity contribution in [3.63, 3.8) is 0 Å². The number of nitrogens with zero attached hydrogens (tertiary/aromatic N) is 1. The van der Waals surface area contributed by atoms with E-state index in [9.17, 15) is 4.79 Å². The van der Waals surface area contributed by atoms with E-state index in [0.717, 1.165) is 25.0 Å². The van der Waals surface area contributed by atoms with Crippen LogP contribution in [-0.4, -0.2) is 29.9 Å². The van der Waals surface area contributed by atoms with E-state index in [-0.39, 0.29) is 6.10 Å². The first-order valence-corrected chi connectivity index (χ1v) is 14.2. The van der Waals surface area contributed by atoms with Crippen molar-refractivity contribution >= 4 is 6.09 Å². The Morgan fingerprint density at radius 1 is 0.882 bits per heavy atom. The van der Waals surface area contributed by atoms with Crippen LogP contribution in [0.15, 0.2) is 24.4 Å². The van der Waals surface area contributed by atoms with E-state index in [2.05, 4.69) is 17.2 Å². The van der Waals surface area contributed by atoms with E-state index >= 15 is 0 Å². The highest BCUT2D eigenvalue weighted by Crippen LogP contribution is 2.24. The molecule has 1 saturated heterocycles. The molecule has 1 N–H and O–H groups in total. The van der Waals surface area contributed by atoms with E-state index in [4.69, 9.17) is 9.47 Å². The van der Waals surface area contributed by atoms with Crippen molar-refractivity contribution in [2.75, 3.05) is 6.61 Å². The molecule has 0 bridgehead atoms. The highest BCUT2D eigenvalue weighted by atomic mass is 16.6. The molecular formula is C29H50N2O3. The fourth-order valence-corrected chi connectivity index (χ4v) is 4.74. The number of hydrogen-bond donors (Lipinski definition) is 1. The van der Waals surface area contributed by atoms with Crippen molar-refractivity contribution < 1.29 is 14.3 Å². The molecule has 0 saturated carbocycles. The van der Waals surface area contributed by atoms with Crippen molar-refractivity contribution in [2.24, 2.45) is 0 Å². The van der Waals surface area contributed by atoms with E-state index in [1.165, 1.54) is 96.3 Å². The normalized spacial score (nSPS) is 17.7. The maximum absolute atomic E-state index is 11.9. The first-order valence-electron chi connectivity index (χ1n) is 14.2. The maximum atomic E-state index is 11.9. The van der Waals surface area contributed by atoms with Crippen LogP contribution in [0.4, 0.5) is 4.79 Å². The zero-order valence-corrected chi connectivity index (χ0v) is 21.8. The Bertz CT molecular complexity index is 611. The van der Waals surface area contributed by atoms with E-state index in [1.54, 1.807) is 6.20 Å². The Morgan fingerprint density at radius 2 is 1.47 bits per heavy atom. The summed E-state index contributed by atoms with van der Waals surface area (Å²) in [6.07, 6.45) is 25.9. The fourth-order valence-electron chi connectivity index (χ4n) is 4.74. The van der Waals surface area contributed by atoms with Gasteiger partial charge in [0.2, 0.25) is 0 Å². The molecule has 194 valence electrons. The standard InChI is InChI=1S/C29H50N2O3/c1-2-3-4-5-6-7-8-9-10-11-12-13-14-15-16-20-27-21-22-28(34-27)25-33-29(32)31-24-26-19-17-18-23-30-26/h17-19,23,27-28H,2-16,20-22,24-25H2,1H3,(H,31,32). The summed E-state index contributed by atoms with van der Waals surface area (Å²) in [6, 6.07) is 5.64. The second kappa shape index (κ2) is 19.7. The van der Waals surface area contributed by atoms with Crippen LogP contribution in [0.25, 0.3) is 0 Å². The Kier molecular flexibility index (Phi) is 16.5. The average molecular weight is 475 g/mol. The number of ether oxygens (including phenoxy) is 2. The van der Waals surface area contributed by atoms with E-state index in [1.807, 2.05) is 18.2 Å². The number of aromatic nitrogens is 1. The van der Waals surface area contributed by atoms with E-state index < -0.39 is 6.09 Å². The molecule has 2 rings (SSSR count). The van der Waals surface area contributed by atoms with Crippen molar-refractivity contribution in [3.8, 4) is 0 Å². The molecule has 0 radical (unpaired) electrons. The lowest BCUT2D eigenvalue weighted by Crippen LogP contribution is -2.28. The van der Waals surface area contributed by atoms with Gasteiger partial charge in [-0.15, -0.1) is 0 Å². The lowest BCUT2D eigenvalue weighted by Gasteiger charge is -2.14. The molecule has 0 aliphatic carbocycles. The Labute approximate surface area is 208 Å². The number of pyridine rings is 1. The Morgan fingerprint density at radius 3 is 2.06 bits per heavy atom. The molecular weight excluding hydrogens is 424 g/mol. The topological polar surface area (TPSA) is 60.5 Å². The minimum Gasteiger partial charge on any atom is -0.447 e. The summed E-state index contributed by atoms with van der Waals surface area (Å²) < 4.78 is 11.4. The molecule has 5 heteroatoms. The van der Waals surface area contributed by atoms with Crippen LogP contribution in [0.3, 0.4) is 0 Å². The third-order valence-corrected chi connectivity index (χ3v) is 6.87. The van der Waals surface area contributed by atoms with Crippen LogP contribution < -0.4 is 5.32 Å². The highest BCUT2D eigenvalue weighted by molar-refractivity contribution is 5.67. The number of rotatable bonds is 20. The molecule has 2 unspecified atom stereocenters. The number of carbonyl (C=O) groups is 1. The highest BCUT2D eigenvalue weighted by Gasteiger charge is 2.25. The molecule has 1 fully saturated rings. The SMILES string of the molecule is CCCCCCCCCCCCCCCCCC1CCC(COC(=O)NCc2ccccn2)O1. The monoisotopic (exact) mass is 474 g/mol. The largest absolute Gasteiger partial charge is 0.447 e. The summed E-state index contributed by atoms with van der Waals surface area (Å²) in [7, 11) is 0. The van der Waals surface area contributed by atoms with Crippen molar-refractivity contribution in [1.82, 2.24) is 10.3 Å². The van der Waals surface area contributed by atoms with Crippen LogP contribution >= 0.6 is 0 Å². The number of nitrogens with one attached hydrogen (secondary N) is 1. The molecule has 34 heavy (non-hydrogen) atoms. The van der Waals surface area contributed by atoms with Gasteiger partial charge in [0.1, 0.15) is 6.61 Å². The van der Waals surface area contributed by atoms with Gasteiger partial charge in [0.15, 0.2) is 0 Å². The molecule has 5 nitrogen and oxygen atoms in total. The summed E-state index contributed by atoms with van der Waals surface area (Å²) in [5.41, 5.74) is 0.820. The van der Waals surface area contributed by atoms with Crippen molar-refractivity contribution in [3.05, 3.63) is 30.1 Å². The van der Waals surface area contributed by atoms with Crippen molar-refractivity contribution in [1.29, 1.82) is 0 Å². The molecule has 1 aliphatic heterocycles. The predicted octanol–water partition coefficient (Wildman–Crippen LogP) is 8.12. The lowest BCUT2D eigenvalue weighted by atomic mass is 10.0. The van der Waals surface area contributed by atoms with Crippen LogP contribution in [0.5, 0.6) is 0 Å². The minimum absolute atomic E-state index is 0.0435. The second-order valence-electron chi connectivity index (χ2n) is 9.97. The molecule has 2 heterocycles.